The van der Waals surface area contributed by atoms with E-state index < -0.39 is 10.0 Å². The fourth-order valence-electron chi connectivity index (χ4n) is 1.94. The van der Waals surface area contributed by atoms with Crippen LogP contribution in [0.5, 0.6) is 0 Å². The largest absolute Gasteiger partial charge is 0.314 e. The van der Waals surface area contributed by atoms with Gasteiger partial charge in [0.05, 0.1) is 0 Å². The monoisotopic (exact) mass is 330 g/mol. The van der Waals surface area contributed by atoms with Crippen LogP contribution in [0.4, 0.5) is 0 Å². The Balaban J connectivity index is 2.84. The SMILES string of the molecule is C=CCN(C(C)C)S(=O)(=O)c1ccc(CCNC(C)C)s1. The lowest BCUT2D eigenvalue weighted by Crippen LogP contribution is -2.36. The van der Waals surface area contributed by atoms with E-state index in [9.17, 15) is 8.42 Å². The molecule has 0 spiro atoms. The van der Waals surface area contributed by atoms with Crippen LogP contribution in [0.3, 0.4) is 0 Å². The lowest BCUT2D eigenvalue weighted by Gasteiger charge is -2.23. The van der Waals surface area contributed by atoms with E-state index in [1.54, 1.807) is 12.1 Å². The standard InChI is InChI=1S/C15H26N2O2S2/c1-6-11-17(13(4)5)21(18,19)15-8-7-14(20-15)9-10-16-12(2)3/h6-8,12-13,16H,1,9-11H2,2-5H3. The molecule has 0 amide bonds. The van der Waals surface area contributed by atoms with Gasteiger partial charge in [0.1, 0.15) is 4.21 Å². The predicted octanol–water partition coefficient (Wildman–Crippen LogP) is 2.87. The van der Waals surface area contributed by atoms with E-state index in [0.717, 1.165) is 17.8 Å². The average molecular weight is 331 g/mol. The zero-order valence-electron chi connectivity index (χ0n) is 13.3. The Morgan fingerprint density at radius 3 is 2.52 bits per heavy atom. The number of thiophene rings is 1. The van der Waals surface area contributed by atoms with Crippen molar-refractivity contribution in [3.05, 3.63) is 29.7 Å². The van der Waals surface area contributed by atoms with E-state index >= 15 is 0 Å². The Labute approximate surface area is 132 Å². The lowest BCUT2D eigenvalue weighted by molar-refractivity contribution is 0.384. The summed E-state index contributed by atoms with van der Waals surface area (Å²) in [6, 6.07) is 3.98. The molecule has 120 valence electrons. The number of nitrogens with one attached hydrogen (secondary N) is 1. The first-order valence-corrected chi connectivity index (χ1v) is 9.49. The van der Waals surface area contributed by atoms with Crippen LogP contribution in [0.2, 0.25) is 0 Å². The molecule has 0 aliphatic rings. The van der Waals surface area contributed by atoms with Crippen molar-refractivity contribution in [1.82, 2.24) is 9.62 Å². The van der Waals surface area contributed by atoms with Gasteiger partial charge in [0.15, 0.2) is 0 Å². The molecule has 1 aromatic rings. The molecular formula is C15H26N2O2S2. The summed E-state index contributed by atoms with van der Waals surface area (Å²) in [5.41, 5.74) is 0. The maximum absolute atomic E-state index is 12.6. The fraction of sp³-hybridized carbons (Fsp3) is 0.600. The molecule has 6 heteroatoms. The average Bonchev–Trinajstić information content (AvgIpc) is 2.84. The molecular weight excluding hydrogens is 304 g/mol. The first-order chi connectivity index (χ1) is 9.78. The second-order valence-corrected chi connectivity index (χ2v) is 8.82. The maximum atomic E-state index is 12.6. The molecule has 0 radical (unpaired) electrons. The van der Waals surface area contributed by atoms with Crippen LogP contribution in [0, 0.1) is 0 Å². The third kappa shape index (κ3) is 5.21. The van der Waals surface area contributed by atoms with E-state index in [-0.39, 0.29) is 6.04 Å². The van der Waals surface area contributed by atoms with Gasteiger partial charge in [0, 0.05) is 30.1 Å². The molecule has 21 heavy (non-hydrogen) atoms. The maximum Gasteiger partial charge on any atom is 0.253 e. The summed E-state index contributed by atoms with van der Waals surface area (Å²) in [4.78, 5) is 1.09. The number of hydrogen-bond acceptors (Lipinski definition) is 4. The van der Waals surface area contributed by atoms with E-state index in [1.165, 1.54) is 15.6 Å². The summed E-state index contributed by atoms with van der Waals surface area (Å²) in [6.07, 6.45) is 2.47. The van der Waals surface area contributed by atoms with Gasteiger partial charge in [0.25, 0.3) is 10.0 Å². The summed E-state index contributed by atoms with van der Waals surface area (Å²) in [5.74, 6) is 0. The van der Waals surface area contributed by atoms with Gasteiger partial charge >= 0.3 is 0 Å². The molecule has 1 rings (SSSR count). The van der Waals surface area contributed by atoms with Gasteiger partial charge in [-0.3, -0.25) is 0 Å². The van der Waals surface area contributed by atoms with Crippen molar-refractivity contribution in [2.24, 2.45) is 0 Å². The van der Waals surface area contributed by atoms with Gasteiger partial charge in [-0.2, -0.15) is 4.31 Å². The third-order valence-corrected chi connectivity index (χ3v) is 6.66. The first-order valence-electron chi connectivity index (χ1n) is 7.24. The molecule has 0 atom stereocenters. The van der Waals surface area contributed by atoms with Gasteiger partial charge in [0.2, 0.25) is 0 Å². The smallest absolute Gasteiger partial charge is 0.253 e. The minimum Gasteiger partial charge on any atom is -0.314 e. The van der Waals surface area contributed by atoms with Gasteiger partial charge < -0.3 is 5.32 Å². The molecule has 4 nitrogen and oxygen atoms in total. The number of nitrogens with zero attached hydrogens (tertiary/aromatic N) is 1. The van der Waals surface area contributed by atoms with Crippen molar-refractivity contribution in [1.29, 1.82) is 0 Å². The van der Waals surface area contributed by atoms with E-state index in [4.69, 9.17) is 0 Å². The Hall–Kier alpha value is -0.690. The van der Waals surface area contributed by atoms with Gasteiger partial charge in [-0.25, -0.2) is 8.42 Å². The Morgan fingerprint density at radius 1 is 1.33 bits per heavy atom. The molecule has 0 saturated heterocycles. The van der Waals surface area contributed by atoms with Crippen LogP contribution < -0.4 is 5.32 Å². The quantitative estimate of drug-likeness (QED) is 0.708. The van der Waals surface area contributed by atoms with Crippen LogP contribution in [-0.2, 0) is 16.4 Å². The van der Waals surface area contributed by atoms with Crippen molar-refractivity contribution in [2.75, 3.05) is 13.1 Å². The summed E-state index contributed by atoms with van der Waals surface area (Å²) in [5, 5.41) is 3.34. The number of sulfonamides is 1. The van der Waals surface area contributed by atoms with Crippen LogP contribution in [0.25, 0.3) is 0 Å². The molecule has 1 heterocycles. The molecule has 0 unspecified atom stereocenters. The summed E-state index contributed by atoms with van der Waals surface area (Å²) >= 11 is 1.36. The molecule has 0 aliphatic carbocycles. The minimum absolute atomic E-state index is 0.0823. The van der Waals surface area contributed by atoms with Crippen molar-refractivity contribution in [3.63, 3.8) is 0 Å². The second kappa shape index (κ2) is 8.08. The molecule has 0 saturated carbocycles. The third-order valence-electron chi connectivity index (χ3n) is 3.01. The van der Waals surface area contributed by atoms with Gasteiger partial charge in [-0.15, -0.1) is 17.9 Å². The van der Waals surface area contributed by atoms with Crippen molar-refractivity contribution in [3.8, 4) is 0 Å². The van der Waals surface area contributed by atoms with Crippen LogP contribution in [0.1, 0.15) is 32.6 Å². The highest BCUT2D eigenvalue weighted by atomic mass is 32.2. The zero-order valence-corrected chi connectivity index (χ0v) is 14.9. The molecule has 0 aliphatic heterocycles. The number of hydrogen-bond donors (Lipinski definition) is 1. The summed E-state index contributed by atoms with van der Waals surface area (Å²) < 4.78 is 27.2. The molecule has 1 N–H and O–H groups in total. The first kappa shape index (κ1) is 18.4. The normalized spacial score (nSPS) is 12.5. The summed E-state index contributed by atoms with van der Waals surface area (Å²) in [7, 11) is -3.42. The molecule has 0 bridgehead atoms. The summed E-state index contributed by atoms with van der Waals surface area (Å²) in [6.45, 7) is 12.8. The topological polar surface area (TPSA) is 49.4 Å². The minimum atomic E-state index is -3.42. The van der Waals surface area contributed by atoms with Gasteiger partial charge in [-0.05, 0) is 32.4 Å². The predicted molar refractivity (Wildman–Crippen MR) is 90.4 cm³/mol. The zero-order chi connectivity index (χ0) is 16.0. The fourth-order valence-corrected chi connectivity index (χ4v) is 5.04. The molecule has 1 aromatic heterocycles. The lowest BCUT2D eigenvalue weighted by atomic mass is 10.3. The van der Waals surface area contributed by atoms with Crippen molar-refractivity contribution >= 4 is 21.4 Å². The van der Waals surface area contributed by atoms with Crippen LogP contribution in [-0.4, -0.2) is 37.9 Å². The highest BCUT2D eigenvalue weighted by Gasteiger charge is 2.27. The Bertz CT molecular complexity index is 548. The molecule has 0 fully saturated rings. The van der Waals surface area contributed by atoms with Crippen molar-refractivity contribution in [2.45, 2.75) is 50.4 Å². The van der Waals surface area contributed by atoms with E-state index in [2.05, 4.69) is 25.7 Å². The second-order valence-electron chi connectivity index (χ2n) is 5.54. The van der Waals surface area contributed by atoms with E-state index in [0.29, 0.717) is 16.8 Å². The Kier molecular flexibility index (Phi) is 7.06. The number of rotatable bonds is 9. The highest BCUT2D eigenvalue weighted by molar-refractivity contribution is 7.91. The highest BCUT2D eigenvalue weighted by Crippen LogP contribution is 2.26. The van der Waals surface area contributed by atoms with Crippen molar-refractivity contribution < 1.29 is 8.42 Å². The molecule has 0 aromatic carbocycles. The van der Waals surface area contributed by atoms with Crippen LogP contribution >= 0.6 is 11.3 Å². The Morgan fingerprint density at radius 2 is 2.00 bits per heavy atom. The van der Waals surface area contributed by atoms with E-state index in [1.807, 2.05) is 19.9 Å². The van der Waals surface area contributed by atoms with Crippen LogP contribution in [0.15, 0.2) is 29.0 Å². The van der Waals surface area contributed by atoms with Gasteiger partial charge in [-0.1, -0.05) is 19.9 Å².